The lowest BCUT2D eigenvalue weighted by molar-refractivity contribution is -0.138. The van der Waals surface area contributed by atoms with Crippen LogP contribution in [0.3, 0.4) is 0 Å². The van der Waals surface area contributed by atoms with Crippen molar-refractivity contribution in [1.29, 1.82) is 0 Å². The number of aromatic nitrogens is 1. The standard InChI is InChI=1S/C13H16BrN3O3/c1-17(2)10-5-11(15-6-9(10)14)16-12(18)3-8-4-13(19)20-7-8/h5-6,8H,3-4,7H2,1-2H3,(H,15,16,18)/t8-/m0/s1. The van der Waals surface area contributed by atoms with Crippen molar-refractivity contribution in [3.8, 4) is 0 Å². The van der Waals surface area contributed by atoms with Crippen LogP contribution < -0.4 is 10.2 Å². The molecule has 1 aliphatic heterocycles. The number of rotatable bonds is 4. The number of hydrogen-bond donors (Lipinski definition) is 1. The predicted octanol–water partition coefficient (Wildman–Crippen LogP) is 1.80. The minimum Gasteiger partial charge on any atom is -0.465 e. The average molecular weight is 342 g/mol. The fourth-order valence-electron chi connectivity index (χ4n) is 1.99. The van der Waals surface area contributed by atoms with E-state index in [-0.39, 0.29) is 24.2 Å². The summed E-state index contributed by atoms with van der Waals surface area (Å²) in [6, 6.07) is 1.79. The Morgan fingerprint density at radius 1 is 1.60 bits per heavy atom. The summed E-state index contributed by atoms with van der Waals surface area (Å²) in [5.41, 5.74) is 0.926. The summed E-state index contributed by atoms with van der Waals surface area (Å²) in [6.45, 7) is 0.322. The van der Waals surface area contributed by atoms with Crippen molar-refractivity contribution in [2.75, 3.05) is 30.9 Å². The average Bonchev–Trinajstić information content (AvgIpc) is 2.76. The molecule has 1 aromatic rings. The summed E-state index contributed by atoms with van der Waals surface area (Å²) in [7, 11) is 3.82. The van der Waals surface area contributed by atoms with Crippen molar-refractivity contribution in [1.82, 2.24) is 4.98 Å². The highest BCUT2D eigenvalue weighted by molar-refractivity contribution is 9.10. The first-order chi connectivity index (χ1) is 9.45. The van der Waals surface area contributed by atoms with Gasteiger partial charge in [0.25, 0.3) is 0 Å². The quantitative estimate of drug-likeness (QED) is 0.845. The van der Waals surface area contributed by atoms with E-state index in [1.54, 1.807) is 12.3 Å². The Labute approximate surface area is 125 Å². The summed E-state index contributed by atoms with van der Waals surface area (Å²) in [4.78, 5) is 28.9. The van der Waals surface area contributed by atoms with Crippen LogP contribution in [0, 0.1) is 5.92 Å². The van der Waals surface area contributed by atoms with Crippen molar-refractivity contribution < 1.29 is 14.3 Å². The highest BCUT2D eigenvalue weighted by atomic mass is 79.9. The molecule has 1 atom stereocenters. The molecule has 1 aromatic heterocycles. The first-order valence-electron chi connectivity index (χ1n) is 6.24. The SMILES string of the molecule is CN(C)c1cc(NC(=O)C[C@@H]2COC(=O)C2)ncc1Br. The first kappa shape index (κ1) is 14.8. The smallest absolute Gasteiger partial charge is 0.306 e. The van der Waals surface area contributed by atoms with Gasteiger partial charge in [-0.2, -0.15) is 0 Å². The second-order valence-corrected chi connectivity index (χ2v) is 5.78. The molecule has 0 unspecified atom stereocenters. The van der Waals surface area contributed by atoms with Crippen molar-refractivity contribution in [3.05, 3.63) is 16.7 Å². The van der Waals surface area contributed by atoms with Crippen molar-refractivity contribution in [3.63, 3.8) is 0 Å². The van der Waals surface area contributed by atoms with Crippen LogP contribution in [0.2, 0.25) is 0 Å². The number of carbonyl (C=O) groups excluding carboxylic acids is 2. The zero-order valence-electron chi connectivity index (χ0n) is 11.4. The molecule has 0 spiro atoms. The first-order valence-corrected chi connectivity index (χ1v) is 7.03. The van der Waals surface area contributed by atoms with Crippen LogP contribution in [0.25, 0.3) is 0 Å². The van der Waals surface area contributed by atoms with Crippen LogP contribution in [0.4, 0.5) is 11.5 Å². The number of halogens is 1. The van der Waals surface area contributed by atoms with Gasteiger partial charge in [-0.05, 0) is 15.9 Å². The molecule has 20 heavy (non-hydrogen) atoms. The highest BCUT2D eigenvalue weighted by Gasteiger charge is 2.26. The second kappa shape index (κ2) is 6.21. The number of carbonyl (C=O) groups is 2. The maximum atomic E-state index is 11.9. The van der Waals surface area contributed by atoms with Crippen molar-refractivity contribution in [2.45, 2.75) is 12.8 Å². The molecule has 1 amide bonds. The molecule has 1 fully saturated rings. The molecule has 2 rings (SSSR count). The van der Waals surface area contributed by atoms with Crippen LogP contribution in [-0.4, -0.2) is 37.6 Å². The molecule has 0 radical (unpaired) electrons. The topological polar surface area (TPSA) is 71.5 Å². The van der Waals surface area contributed by atoms with Crippen LogP contribution in [0.15, 0.2) is 16.7 Å². The van der Waals surface area contributed by atoms with E-state index in [1.807, 2.05) is 19.0 Å². The molecule has 108 valence electrons. The number of ether oxygens (including phenoxy) is 1. The van der Waals surface area contributed by atoms with Crippen LogP contribution in [-0.2, 0) is 14.3 Å². The zero-order chi connectivity index (χ0) is 14.7. The Morgan fingerprint density at radius 2 is 2.35 bits per heavy atom. The van der Waals surface area contributed by atoms with E-state index >= 15 is 0 Å². The third-order valence-corrected chi connectivity index (χ3v) is 3.60. The van der Waals surface area contributed by atoms with E-state index in [4.69, 9.17) is 4.74 Å². The Balaban J connectivity index is 1.97. The monoisotopic (exact) mass is 341 g/mol. The number of nitrogens with one attached hydrogen (secondary N) is 1. The molecule has 0 aliphatic carbocycles. The van der Waals surface area contributed by atoms with Crippen LogP contribution in [0.1, 0.15) is 12.8 Å². The predicted molar refractivity (Wildman–Crippen MR) is 78.6 cm³/mol. The lowest BCUT2D eigenvalue weighted by Gasteiger charge is -2.15. The van der Waals surface area contributed by atoms with E-state index < -0.39 is 0 Å². The normalized spacial score (nSPS) is 17.8. The molecule has 1 aliphatic rings. The van der Waals surface area contributed by atoms with Crippen molar-refractivity contribution >= 4 is 39.3 Å². The van der Waals surface area contributed by atoms with Crippen LogP contribution >= 0.6 is 15.9 Å². The number of amides is 1. The maximum Gasteiger partial charge on any atom is 0.306 e. The molecule has 2 heterocycles. The summed E-state index contributed by atoms with van der Waals surface area (Å²) in [5.74, 6) is 0.0608. The highest BCUT2D eigenvalue weighted by Crippen LogP contribution is 2.26. The molecular formula is C13H16BrN3O3. The van der Waals surface area contributed by atoms with Gasteiger partial charge in [0.05, 0.1) is 23.2 Å². The molecule has 7 heteroatoms. The van der Waals surface area contributed by atoms with Gasteiger partial charge in [0.1, 0.15) is 5.82 Å². The third kappa shape index (κ3) is 3.69. The van der Waals surface area contributed by atoms with Crippen molar-refractivity contribution in [2.24, 2.45) is 5.92 Å². The number of esters is 1. The third-order valence-electron chi connectivity index (χ3n) is 2.99. The van der Waals surface area contributed by atoms with Crippen LogP contribution in [0.5, 0.6) is 0 Å². The minimum atomic E-state index is -0.237. The number of hydrogen-bond acceptors (Lipinski definition) is 5. The number of cyclic esters (lactones) is 1. The summed E-state index contributed by atoms with van der Waals surface area (Å²) >= 11 is 3.40. The van der Waals surface area contributed by atoms with Gasteiger partial charge in [0.2, 0.25) is 5.91 Å². The van der Waals surface area contributed by atoms with Gasteiger partial charge in [0.15, 0.2) is 0 Å². The van der Waals surface area contributed by atoms with Gasteiger partial charge < -0.3 is 15.0 Å². The largest absolute Gasteiger partial charge is 0.465 e. The molecular weight excluding hydrogens is 326 g/mol. The van der Waals surface area contributed by atoms with E-state index in [9.17, 15) is 9.59 Å². The second-order valence-electron chi connectivity index (χ2n) is 4.92. The lowest BCUT2D eigenvalue weighted by Crippen LogP contribution is -2.18. The number of nitrogens with zero attached hydrogens (tertiary/aromatic N) is 2. The molecule has 0 saturated carbocycles. The van der Waals surface area contributed by atoms with E-state index in [1.165, 1.54) is 0 Å². The summed E-state index contributed by atoms with van der Waals surface area (Å²) in [6.07, 6.45) is 2.22. The molecule has 0 aromatic carbocycles. The van der Waals surface area contributed by atoms with Gasteiger partial charge in [-0.3, -0.25) is 9.59 Å². The molecule has 1 N–H and O–H groups in total. The fraction of sp³-hybridized carbons (Fsp3) is 0.462. The Morgan fingerprint density at radius 3 is 2.95 bits per heavy atom. The van der Waals surface area contributed by atoms with Gasteiger partial charge in [0, 0.05) is 38.7 Å². The van der Waals surface area contributed by atoms with Gasteiger partial charge in [-0.15, -0.1) is 0 Å². The van der Waals surface area contributed by atoms with E-state index in [0.29, 0.717) is 18.8 Å². The Bertz CT molecular complexity index is 534. The number of pyridine rings is 1. The molecule has 1 saturated heterocycles. The van der Waals surface area contributed by atoms with Gasteiger partial charge in [-0.25, -0.2) is 4.98 Å². The maximum absolute atomic E-state index is 11.9. The summed E-state index contributed by atoms with van der Waals surface area (Å²) in [5, 5.41) is 2.74. The van der Waals surface area contributed by atoms with E-state index in [2.05, 4.69) is 26.2 Å². The van der Waals surface area contributed by atoms with Gasteiger partial charge >= 0.3 is 5.97 Å². The Kier molecular flexibility index (Phi) is 4.59. The van der Waals surface area contributed by atoms with E-state index in [0.717, 1.165) is 10.2 Å². The fourth-order valence-corrected chi connectivity index (χ4v) is 2.56. The Hall–Kier alpha value is -1.63. The minimum absolute atomic E-state index is 0.0359. The number of anilines is 2. The molecule has 6 nitrogen and oxygen atoms in total. The summed E-state index contributed by atoms with van der Waals surface area (Å²) < 4.78 is 5.69. The zero-order valence-corrected chi connectivity index (χ0v) is 12.9. The lowest BCUT2D eigenvalue weighted by atomic mass is 10.0. The van der Waals surface area contributed by atoms with Gasteiger partial charge in [-0.1, -0.05) is 0 Å². The molecule has 0 bridgehead atoms.